The maximum atomic E-state index is 5.42. The van der Waals surface area contributed by atoms with Crippen LogP contribution in [-0.2, 0) is 7.05 Å². The van der Waals surface area contributed by atoms with E-state index < -0.39 is 0 Å². The molecule has 8 heteroatoms. The molecule has 0 bridgehead atoms. The fourth-order valence-corrected chi connectivity index (χ4v) is 3.47. The minimum atomic E-state index is 0.639. The summed E-state index contributed by atoms with van der Waals surface area (Å²) >= 11 is 7.00. The van der Waals surface area contributed by atoms with Crippen molar-refractivity contribution >= 4 is 33.9 Å². The van der Waals surface area contributed by atoms with Crippen LogP contribution in [0.15, 0.2) is 36.8 Å². The van der Waals surface area contributed by atoms with E-state index in [0.717, 1.165) is 32.4 Å². The summed E-state index contributed by atoms with van der Waals surface area (Å²) in [5, 5.41) is 5.36. The minimum Gasteiger partial charge on any atom is -0.307 e. The van der Waals surface area contributed by atoms with Gasteiger partial charge in [-0.05, 0) is 37.3 Å². The summed E-state index contributed by atoms with van der Waals surface area (Å²) in [4.78, 5) is 13.2. The molecule has 0 saturated carbocycles. The lowest BCUT2D eigenvalue weighted by atomic mass is 10.3. The SMILES string of the molecule is Cc1nn(-c2cnc3nc(-c4cccnc4)sc3c2)c(=S)n1C. The highest BCUT2D eigenvalue weighted by molar-refractivity contribution is 7.71. The monoisotopic (exact) mass is 340 g/mol. The summed E-state index contributed by atoms with van der Waals surface area (Å²) in [7, 11) is 1.90. The fraction of sp³-hybridized carbons (Fsp3) is 0.133. The van der Waals surface area contributed by atoms with E-state index in [1.54, 1.807) is 34.6 Å². The van der Waals surface area contributed by atoms with E-state index >= 15 is 0 Å². The van der Waals surface area contributed by atoms with Gasteiger partial charge in [0.1, 0.15) is 10.8 Å². The Kier molecular flexibility index (Phi) is 3.28. The average molecular weight is 340 g/mol. The van der Waals surface area contributed by atoms with Crippen molar-refractivity contribution in [2.75, 3.05) is 0 Å². The Morgan fingerprint density at radius 2 is 2.13 bits per heavy atom. The van der Waals surface area contributed by atoms with Gasteiger partial charge in [0.15, 0.2) is 5.65 Å². The van der Waals surface area contributed by atoms with Gasteiger partial charge < -0.3 is 4.57 Å². The molecule has 0 saturated heterocycles. The molecule has 0 atom stereocenters. The van der Waals surface area contributed by atoms with Crippen LogP contribution in [0.5, 0.6) is 0 Å². The highest BCUT2D eigenvalue weighted by Gasteiger charge is 2.11. The number of thiazole rings is 1. The molecule has 4 aromatic heterocycles. The third kappa shape index (κ3) is 2.36. The number of nitrogens with zero attached hydrogens (tertiary/aromatic N) is 6. The minimum absolute atomic E-state index is 0.639. The lowest BCUT2D eigenvalue weighted by Crippen LogP contribution is -1.98. The van der Waals surface area contributed by atoms with E-state index in [-0.39, 0.29) is 0 Å². The Balaban J connectivity index is 1.85. The van der Waals surface area contributed by atoms with Crippen molar-refractivity contribution in [3.8, 4) is 16.3 Å². The first-order valence-electron chi connectivity index (χ1n) is 6.93. The number of hydrogen-bond acceptors (Lipinski definition) is 6. The van der Waals surface area contributed by atoms with Crippen molar-refractivity contribution in [2.24, 2.45) is 7.05 Å². The predicted octanol–water partition coefficient (Wildman–Crippen LogP) is 3.32. The number of hydrogen-bond donors (Lipinski definition) is 0. The molecule has 0 fully saturated rings. The average Bonchev–Trinajstić information content (AvgIpc) is 3.12. The predicted molar refractivity (Wildman–Crippen MR) is 92.3 cm³/mol. The van der Waals surface area contributed by atoms with Crippen LogP contribution in [0.4, 0.5) is 0 Å². The molecule has 0 aliphatic rings. The number of pyridine rings is 2. The molecule has 0 aromatic carbocycles. The second-order valence-corrected chi connectivity index (χ2v) is 6.47. The maximum absolute atomic E-state index is 5.42. The van der Waals surface area contributed by atoms with E-state index in [1.165, 1.54) is 0 Å². The number of aryl methyl sites for hydroxylation is 1. The van der Waals surface area contributed by atoms with Gasteiger partial charge in [-0.2, -0.15) is 5.10 Å². The summed E-state index contributed by atoms with van der Waals surface area (Å²) in [6.07, 6.45) is 5.30. The Labute approximate surface area is 141 Å². The van der Waals surface area contributed by atoms with Crippen LogP contribution in [0.25, 0.3) is 26.6 Å². The second kappa shape index (κ2) is 5.32. The van der Waals surface area contributed by atoms with E-state index in [1.807, 2.05) is 36.7 Å². The van der Waals surface area contributed by atoms with Gasteiger partial charge in [-0.3, -0.25) is 4.98 Å². The van der Waals surface area contributed by atoms with Crippen molar-refractivity contribution < 1.29 is 0 Å². The van der Waals surface area contributed by atoms with Crippen LogP contribution in [0.3, 0.4) is 0 Å². The van der Waals surface area contributed by atoms with Gasteiger partial charge in [-0.1, -0.05) is 0 Å². The van der Waals surface area contributed by atoms with Crippen LogP contribution in [-0.4, -0.2) is 29.3 Å². The largest absolute Gasteiger partial charge is 0.307 e. The topological polar surface area (TPSA) is 61.4 Å². The van der Waals surface area contributed by atoms with Gasteiger partial charge in [0, 0.05) is 25.0 Å². The van der Waals surface area contributed by atoms with Crippen LogP contribution in [0, 0.1) is 11.7 Å². The molecular weight excluding hydrogens is 328 g/mol. The zero-order valence-corrected chi connectivity index (χ0v) is 14.1. The molecule has 23 heavy (non-hydrogen) atoms. The molecule has 4 heterocycles. The number of aromatic nitrogens is 6. The molecule has 4 rings (SSSR count). The summed E-state index contributed by atoms with van der Waals surface area (Å²) in [5.41, 5.74) is 2.55. The van der Waals surface area contributed by atoms with Gasteiger partial charge in [0.25, 0.3) is 0 Å². The maximum Gasteiger partial charge on any atom is 0.202 e. The van der Waals surface area contributed by atoms with E-state index in [0.29, 0.717) is 4.77 Å². The Morgan fingerprint density at radius 1 is 1.26 bits per heavy atom. The van der Waals surface area contributed by atoms with Crippen LogP contribution in [0.2, 0.25) is 0 Å². The van der Waals surface area contributed by atoms with Crippen LogP contribution in [0.1, 0.15) is 5.82 Å². The lowest BCUT2D eigenvalue weighted by molar-refractivity contribution is 0.832. The van der Waals surface area contributed by atoms with Crippen molar-refractivity contribution in [1.82, 2.24) is 29.3 Å². The smallest absolute Gasteiger partial charge is 0.202 e. The highest BCUT2D eigenvalue weighted by Crippen LogP contribution is 2.29. The zero-order chi connectivity index (χ0) is 16.0. The molecule has 0 aliphatic heterocycles. The van der Waals surface area contributed by atoms with Gasteiger partial charge in [0.2, 0.25) is 4.77 Å². The van der Waals surface area contributed by atoms with Crippen molar-refractivity contribution in [3.05, 3.63) is 47.4 Å². The van der Waals surface area contributed by atoms with Gasteiger partial charge in [-0.15, -0.1) is 11.3 Å². The molecular formula is C15H12N6S2. The molecule has 6 nitrogen and oxygen atoms in total. The first-order chi connectivity index (χ1) is 11.1. The molecule has 0 spiro atoms. The standard InChI is InChI=1S/C15H12N6S2/c1-9-19-21(15(22)20(9)2)11-6-12-13(17-8-11)18-14(23-12)10-4-3-5-16-7-10/h3-8H,1-2H3. The molecule has 0 unspecified atom stereocenters. The number of fused-ring (bicyclic) bond motifs is 1. The van der Waals surface area contributed by atoms with Gasteiger partial charge >= 0.3 is 0 Å². The fourth-order valence-electron chi connectivity index (χ4n) is 2.24. The van der Waals surface area contributed by atoms with Crippen molar-refractivity contribution in [1.29, 1.82) is 0 Å². The first-order valence-corrected chi connectivity index (χ1v) is 8.16. The Bertz CT molecular complexity index is 1060. The third-order valence-electron chi connectivity index (χ3n) is 3.58. The summed E-state index contributed by atoms with van der Waals surface area (Å²) in [5.74, 6) is 0.857. The van der Waals surface area contributed by atoms with Crippen LogP contribution >= 0.6 is 23.6 Å². The molecule has 114 valence electrons. The Morgan fingerprint density at radius 3 is 2.83 bits per heavy atom. The molecule has 0 amide bonds. The Hall–Kier alpha value is -2.45. The molecule has 4 aromatic rings. The van der Waals surface area contributed by atoms with Crippen molar-refractivity contribution in [2.45, 2.75) is 6.92 Å². The summed E-state index contributed by atoms with van der Waals surface area (Å²) < 4.78 is 5.22. The second-order valence-electron chi connectivity index (χ2n) is 5.08. The first kappa shape index (κ1) is 14.2. The summed E-state index contributed by atoms with van der Waals surface area (Å²) in [6, 6.07) is 5.90. The third-order valence-corrected chi connectivity index (χ3v) is 5.07. The molecule has 0 radical (unpaired) electrons. The van der Waals surface area contributed by atoms with E-state index in [9.17, 15) is 0 Å². The van der Waals surface area contributed by atoms with Gasteiger partial charge in [-0.25, -0.2) is 14.6 Å². The number of rotatable bonds is 2. The normalized spacial score (nSPS) is 11.2. The zero-order valence-electron chi connectivity index (χ0n) is 12.5. The van der Waals surface area contributed by atoms with Crippen LogP contribution < -0.4 is 0 Å². The lowest BCUT2D eigenvalue weighted by Gasteiger charge is -1.99. The van der Waals surface area contributed by atoms with Crippen molar-refractivity contribution in [3.63, 3.8) is 0 Å². The summed E-state index contributed by atoms with van der Waals surface area (Å²) in [6.45, 7) is 1.92. The highest BCUT2D eigenvalue weighted by atomic mass is 32.1. The molecule has 0 N–H and O–H groups in total. The molecule has 0 aliphatic carbocycles. The van der Waals surface area contributed by atoms with E-state index in [4.69, 9.17) is 12.2 Å². The quantitative estimate of drug-likeness (QED) is 0.524. The van der Waals surface area contributed by atoms with E-state index in [2.05, 4.69) is 20.1 Å². The van der Waals surface area contributed by atoms with Gasteiger partial charge in [0.05, 0.1) is 16.6 Å².